The number of rotatable bonds is 5. The van der Waals surface area contributed by atoms with Crippen molar-refractivity contribution >= 4 is 22.7 Å². The monoisotopic (exact) mass is 375 g/mol. The molecule has 0 aliphatic heterocycles. The molecule has 0 atom stereocenters. The maximum atomic E-state index is 5.41. The van der Waals surface area contributed by atoms with E-state index in [0.717, 1.165) is 28.4 Å². The Kier molecular flexibility index (Phi) is 3.78. The zero-order chi connectivity index (χ0) is 19.3. The molecule has 8 nitrogen and oxygen atoms in total. The molecule has 4 heterocycles. The Bertz CT molecular complexity index is 1170. The molecule has 1 N–H and O–H groups in total. The van der Waals surface area contributed by atoms with Gasteiger partial charge in [0.2, 0.25) is 0 Å². The molecule has 4 aromatic heterocycles. The largest absolute Gasteiger partial charge is 0.494 e. The van der Waals surface area contributed by atoms with E-state index in [2.05, 4.69) is 26.6 Å². The summed E-state index contributed by atoms with van der Waals surface area (Å²) in [5, 5.41) is 13.5. The van der Waals surface area contributed by atoms with Gasteiger partial charge in [0.15, 0.2) is 5.65 Å². The third kappa shape index (κ3) is 2.77. The number of hydrogen-bond acceptors (Lipinski definition) is 6. The number of ether oxygens (including phenoxy) is 1. The predicted octanol–water partition coefficient (Wildman–Crippen LogP) is 3.39. The molecule has 0 spiro atoms. The zero-order valence-electron chi connectivity index (χ0n) is 16.0. The van der Waals surface area contributed by atoms with E-state index in [1.807, 2.05) is 43.2 Å². The fraction of sp³-hybridized carbons (Fsp3) is 0.300. The van der Waals surface area contributed by atoms with Gasteiger partial charge in [0.1, 0.15) is 28.8 Å². The summed E-state index contributed by atoms with van der Waals surface area (Å²) < 4.78 is 9.02. The molecule has 28 heavy (non-hydrogen) atoms. The zero-order valence-corrected chi connectivity index (χ0v) is 16.0. The van der Waals surface area contributed by atoms with Gasteiger partial charge in [-0.15, -0.1) is 0 Å². The fourth-order valence-electron chi connectivity index (χ4n) is 3.51. The highest BCUT2D eigenvalue weighted by molar-refractivity contribution is 5.82. The summed E-state index contributed by atoms with van der Waals surface area (Å²) in [4.78, 5) is 9.18. The number of aryl methyl sites for hydroxylation is 2. The summed E-state index contributed by atoms with van der Waals surface area (Å²) >= 11 is 0. The van der Waals surface area contributed by atoms with Crippen molar-refractivity contribution in [3.63, 3.8) is 0 Å². The second kappa shape index (κ2) is 6.33. The Labute approximate surface area is 162 Å². The van der Waals surface area contributed by atoms with Crippen LogP contribution in [0, 0.1) is 0 Å². The Morgan fingerprint density at radius 2 is 2.04 bits per heavy atom. The molecular weight excluding hydrogens is 354 g/mol. The summed E-state index contributed by atoms with van der Waals surface area (Å²) in [6.45, 7) is 0. The van der Waals surface area contributed by atoms with E-state index in [9.17, 15) is 0 Å². The fourth-order valence-corrected chi connectivity index (χ4v) is 3.51. The molecule has 0 unspecified atom stereocenters. The van der Waals surface area contributed by atoms with Crippen LogP contribution in [-0.4, -0.2) is 36.6 Å². The van der Waals surface area contributed by atoms with Crippen molar-refractivity contribution in [1.82, 2.24) is 29.5 Å². The van der Waals surface area contributed by atoms with Crippen LogP contribution in [0.2, 0.25) is 0 Å². The number of hydrogen-bond donors (Lipinski definition) is 1. The first-order chi connectivity index (χ1) is 13.6. The van der Waals surface area contributed by atoms with E-state index in [4.69, 9.17) is 9.72 Å². The summed E-state index contributed by atoms with van der Waals surface area (Å²) in [6, 6.07) is 7.81. The van der Waals surface area contributed by atoms with Crippen LogP contribution >= 0.6 is 0 Å². The van der Waals surface area contributed by atoms with Crippen LogP contribution in [0.5, 0.6) is 5.75 Å². The number of pyridine rings is 2. The second-order valence-corrected chi connectivity index (χ2v) is 7.09. The summed E-state index contributed by atoms with van der Waals surface area (Å²) in [6.07, 6.45) is 6.10. The lowest BCUT2D eigenvalue weighted by Gasteiger charge is -2.09. The van der Waals surface area contributed by atoms with Gasteiger partial charge in [-0.05, 0) is 42.5 Å². The van der Waals surface area contributed by atoms with Crippen LogP contribution < -0.4 is 10.1 Å². The molecule has 5 rings (SSSR count). The standard InChI is InChI=1S/C20H21N7O/c1-26-18(10-15(25-26)19-16(28-3)5-4-8-21-19)23-17-9-13(12-6-7-12)14-11-22-27(2)20(14)24-17/h4-5,8-12H,6-7H2,1-3H3,(H,23,24). The molecule has 0 saturated heterocycles. The number of nitrogens with one attached hydrogen (secondary N) is 1. The second-order valence-electron chi connectivity index (χ2n) is 7.09. The number of aromatic nitrogens is 6. The first kappa shape index (κ1) is 16.7. The van der Waals surface area contributed by atoms with Crippen LogP contribution in [-0.2, 0) is 14.1 Å². The van der Waals surface area contributed by atoms with Gasteiger partial charge in [-0.25, -0.2) is 4.98 Å². The lowest BCUT2D eigenvalue weighted by molar-refractivity contribution is 0.414. The predicted molar refractivity (Wildman–Crippen MR) is 107 cm³/mol. The van der Waals surface area contributed by atoms with E-state index in [0.29, 0.717) is 17.4 Å². The highest BCUT2D eigenvalue weighted by atomic mass is 16.5. The van der Waals surface area contributed by atoms with E-state index < -0.39 is 0 Å². The van der Waals surface area contributed by atoms with Gasteiger partial charge in [-0.1, -0.05) is 0 Å². The lowest BCUT2D eigenvalue weighted by Crippen LogP contribution is -2.03. The maximum absolute atomic E-state index is 5.41. The Morgan fingerprint density at radius 3 is 2.82 bits per heavy atom. The molecule has 8 heteroatoms. The van der Waals surface area contributed by atoms with E-state index in [1.165, 1.54) is 18.4 Å². The highest BCUT2D eigenvalue weighted by Gasteiger charge is 2.27. The van der Waals surface area contributed by atoms with Crippen LogP contribution in [0.3, 0.4) is 0 Å². The van der Waals surface area contributed by atoms with Gasteiger partial charge in [-0.3, -0.25) is 14.3 Å². The van der Waals surface area contributed by atoms with Crippen molar-refractivity contribution in [2.75, 3.05) is 12.4 Å². The lowest BCUT2D eigenvalue weighted by atomic mass is 10.1. The minimum Gasteiger partial charge on any atom is -0.494 e. The molecule has 1 saturated carbocycles. The van der Waals surface area contributed by atoms with Gasteiger partial charge in [0.05, 0.1) is 13.3 Å². The van der Waals surface area contributed by atoms with Crippen molar-refractivity contribution in [1.29, 1.82) is 0 Å². The Hall–Kier alpha value is -3.42. The number of fused-ring (bicyclic) bond motifs is 1. The third-order valence-electron chi connectivity index (χ3n) is 5.12. The number of anilines is 2. The van der Waals surface area contributed by atoms with Gasteiger partial charge in [0, 0.05) is 31.7 Å². The normalized spacial score (nSPS) is 13.8. The molecule has 0 amide bonds. The summed E-state index contributed by atoms with van der Waals surface area (Å²) in [5.41, 5.74) is 3.66. The van der Waals surface area contributed by atoms with Gasteiger partial charge in [0.25, 0.3) is 0 Å². The van der Waals surface area contributed by atoms with Crippen molar-refractivity contribution in [3.05, 3.63) is 42.2 Å². The molecule has 0 bridgehead atoms. The number of methoxy groups -OCH3 is 1. The summed E-state index contributed by atoms with van der Waals surface area (Å²) in [7, 11) is 5.45. The molecule has 1 aliphatic carbocycles. The van der Waals surface area contributed by atoms with Crippen molar-refractivity contribution < 1.29 is 4.74 Å². The van der Waals surface area contributed by atoms with Gasteiger partial charge >= 0.3 is 0 Å². The van der Waals surface area contributed by atoms with Crippen molar-refractivity contribution in [3.8, 4) is 17.1 Å². The van der Waals surface area contributed by atoms with E-state index >= 15 is 0 Å². The van der Waals surface area contributed by atoms with Crippen LogP contribution in [0.4, 0.5) is 11.6 Å². The third-order valence-corrected chi connectivity index (χ3v) is 5.12. The minimum absolute atomic E-state index is 0.607. The average Bonchev–Trinajstić information content (AvgIpc) is 3.41. The van der Waals surface area contributed by atoms with Gasteiger partial charge in [-0.2, -0.15) is 10.2 Å². The smallest absolute Gasteiger partial charge is 0.160 e. The Morgan fingerprint density at radius 1 is 1.18 bits per heavy atom. The topological polar surface area (TPSA) is 82.7 Å². The molecular formula is C20H21N7O. The maximum Gasteiger partial charge on any atom is 0.160 e. The van der Waals surface area contributed by atoms with Crippen LogP contribution in [0.1, 0.15) is 24.3 Å². The first-order valence-corrected chi connectivity index (χ1v) is 9.27. The Balaban J connectivity index is 1.53. The molecule has 1 aliphatic rings. The van der Waals surface area contributed by atoms with Gasteiger partial charge < -0.3 is 10.1 Å². The molecule has 142 valence electrons. The van der Waals surface area contributed by atoms with E-state index in [-0.39, 0.29) is 0 Å². The molecule has 4 aromatic rings. The van der Waals surface area contributed by atoms with Crippen LogP contribution in [0.25, 0.3) is 22.4 Å². The molecule has 0 radical (unpaired) electrons. The molecule has 1 fully saturated rings. The first-order valence-electron chi connectivity index (χ1n) is 9.27. The molecule has 0 aromatic carbocycles. The minimum atomic E-state index is 0.607. The average molecular weight is 375 g/mol. The van der Waals surface area contributed by atoms with Crippen molar-refractivity contribution in [2.45, 2.75) is 18.8 Å². The van der Waals surface area contributed by atoms with Crippen LogP contribution in [0.15, 0.2) is 36.7 Å². The SMILES string of the molecule is COc1cccnc1-c1cc(Nc2cc(C3CC3)c3cnn(C)c3n2)n(C)n1. The van der Waals surface area contributed by atoms with Crippen molar-refractivity contribution in [2.24, 2.45) is 14.1 Å². The van der Waals surface area contributed by atoms with E-state index in [1.54, 1.807) is 18.0 Å². The highest BCUT2D eigenvalue weighted by Crippen LogP contribution is 2.43. The summed E-state index contributed by atoms with van der Waals surface area (Å²) in [5.74, 6) is 2.92. The quantitative estimate of drug-likeness (QED) is 0.576. The number of nitrogens with zero attached hydrogens (tertiary/aromatic N) is 6.